The first kappa shape index (κ1) is 17.8. The second kappa shape index (κ2) is 7.79. The van der Waals surface area contributed by atoms with Gasteiger partial charge in [0.25, 0.3) is 0 Å². The van der Waals surface area contributed by atoms with Crippen molar-refractivity contribution in [1.29, 1.82) is 0 Å². The summed E-state index contributed by atoms with van der Waals surface area (Å²) >= 11 is 0. The van der Waals surface area contributed by atoms with Crippen LogP contribution in [0.3, 0.4) is 0 Å². The number of piperazine rings is 1. The fourth-order valence-corrected chi connectivity index (χ4v) is 2.72. The van der Waals surface area contributed by atoms with Crippen molar-refractivity contribution < 1.29 is 0 Å². The van der Waals surface area contributed by atoms with Crippen LogP contribution in [0.1, 0.15) is 27.7 Å². The molecule has 1 aromatic rings. The molecule has 4 N–H and O–H groups in total. The number of hydrogen-bond donors (Lipinski definition) is 3. The minimum atomic E-state index is 0.00882. The molecule has 0 amide bonds. The minimum Gasteiger partial charge on any atom is -0.340 e. The van der Waals surface area contributed by atoms with Gasteiger partial charge in [-0.25, -0.2) is 0 Å². The van der Waals surface area contributed by atoms with Crippen LogP contribution in [0.25, 0.3) is 0 Å². The molecule has 0 aromatic heterocycles. The van der Waals surface area contributed by atoms with Crippen molar-refractivity contribution in [2.45, 2.75) is 39.8 Å². The lowest BCUT2D eigenvalue weighted by molar-refractivity contribution is 0.253. The maximum absolute atomic E-state index is 5.85. The average Bonchev–Trinajstić information content (AvgIpc) is 2.51. The molecule has 1 heterocycles. The van der Waals surface area contributed by atoms with E-state index >= 15 is 0 Å². The van der Waals surface area contributed by atoms with Crippen molar-refractivity contribution in [1.82, 2.24) is 10.2 Å². The molecule has 1 aliphatic heterocycles. The molecule has 0 spiro atoms. The number of nitrogens with zero attached hydrogens (tertiary/aromatic N) is 2. The standard InChI is InChI=1S/C18H31N5/c1-14-10-23(11-15(2)21-14)17(20-13-18(3,4)12-19)22-16-8-6-5-7-9-16/h5-9,14-15,21H,10-13,19H2,1-4H3,(H,20,22). The Kier molecular flexibility index (Phi) is 6.02. The van der Waals surface area contributed by atoms with Gasteiger partial charge in [0.2, 0.25) is 0 Å². The lowest BCUT2D eigenvalue weighted by Gasteiger charge is -2.38. The van der Waals surface area contributed by atoms with E-state index in [1.165, 1.54) is 0 Å². The van der Waals surface area contributed by atoms with Crippen LogP contribution in [0.4, 0.5) is 5.69 Å². The number of nitrogens with two attached hydrogens (primary N) is 1. The lowest BCUT2D eigenvalue weighted by atomic mass is 9.94. The predicted octanol–water partition coefficient (Wildman–Crippen LogP) is 2.12. The lowest BCUT2D eigenvalue weighted by Crippen LogP contribution is -2.57. The smallest absolute Gasteiger partial charge is 0.198 e. The van der Waals surface area contributed by atoms with Gasteiger partial charge in [0, 0.05) is 37.4 Å². The van der Waals surface area contributed by atoms with Crippen molar-refractivity contribution in [2.24, 2.45) is 16.1 Å². The quantitative estimate of drug-likeness (QED) is 0.588. The third-order valence-corrected chi connectivity index (χ3v) is 4.10. The number of aliphatic imine (C=N–C) groups is 1. The molecule has 1 aliphatic rings. The number of rotatable bonds is 4. The number of guanidine groups is 1. The molecule has 2 rings (SSSR count). The monoisotopic (exact) mass is 317 g/mol. The van der Waals surface area contributed by atoms with Crippen LogP contribution in [-0.2, 0) is 0 Å². The highest BCUT2D eigenvalue weighted by atomic mass is 15.3. The second-order valence-electron chi connectivity index (χ2n) is 7.37. The Labute approximate surface area is 140 Å². The zero-order valence-corrected chi connectivity index (χ0v) is 14.8. The summed E-state index contributed by atoms with van der Waals surface area (Å²) in [5.74, 6) is 0.943. The Hall–Kier alpha value is -1.59. The molecule has 0 radical (unpaired) electrons. The molecule has 2 unspecified atom stereocenters. The second-order valence-corrected chi connectivity index (χ2v) is 7.37. The van der Waals surface area contributed by atoms with E-state index in [1.54, 1.807) is 0 Å². The largest absolute Gasteiger partial charge is 0.340 e. The molecule has 1 aromatic carbocycles. The van der Waals surface area contributed by atoms with Crippen LogP contribution in [0, 0.1) is 5.41 Å². The van der Waals surface area contributed by atoms with Gasteiger partial charge in [-0.1, -0.05) is 32.0 Å². The summed E-state index contributed by atoms with van der Waals surface area (Å²) in [5.41, 5.74) is 6.93. The van der Waals surface area contributed by atoms with Crippen LogP contribution >= 0.6 is 0 Å². The molecule has 5 nitrogen and oxygen atoms in total. The van der Waals surface area contributed by atoms with Gasteiger partial charge in [-0.15, -0.1) is 0 Å². The van der Waals surface area contributed by atoms with Crippen molar-refractivity contribution in [3.8, 4) is 0 Å². The molecule has 1 fully saturated rings. The molecule has 0 saturated carbocycles. The van der Waals surface area contributed by atoms with E-state index in [0.717, 1.165) is 24.7 Å². The maximum Gasteiger partial charge on any atom is 0.198 e. The summed E-state index contributed by atoms with van der Waals surface area (Å²) in [5, 5.41) is 7.06. The first-order valence-electron chi connectivity index (χ1n) is 8.47. The van der Waals surface area contributed by atoms with E-state index in [4.69, 9.17) is 10.7 Å². The molecular weight excluding hydrogens is 286 g/mol. The van der Waals surface area contributed by atoms with Crippen molar-refractivity contribution in [2.75, 3.05) is 31.5 Å². The fraction of sp³-hybridized carbons (Fsp3) is 0.611. The average molecular weight is 317 g/mol. The highest BCUT2D eigenvalue weighted by molar-refractivity contribution is 5.93. The topological polar surface area (TPSA) is 65.7 Å². The third kappa shape index (κ3) is 5.52. The van der Waals surface area contributed by atoms with Crippen LogP contribution in [0.2, 0.25) is 0 Å². The summed E-state index contributed by atoms with van der Waals surface area (Å²) in [7, 11) is 0. The molecule has 0 aliphatic carbocycles. The number of anilines is 1. The van der Waals surface area contributed by atoms with E-state index in [9.17, 15) is 0 Å². The van der Waals surface area contributed by atoms with Crippen molar-refractivity contribution in [3.63, 3.8) is 0 Å². The Bertz CT molecular complexity index is 501. The molecule has 0 bridgehead atoms. The summed E-state index contributed by atoms with van der Waals surface area (Å²) in [6, 6.07) is 11.1. The van der Waals surface area contributed by atoms with E-state index in [1.807, 2.05) is 18.2 Å². The van der Waals surface area contributed by atoms with Gasteiger partial charge in [0.1, 0.15) is 0 Å². The van der Waals surface area contributed by atoms with Gasteiger partial charge in [-0.3, -0.25) is 4.99 Å². The van der Waals surface area contributed by atoms with E-state index < -0.39 is 0 Å². The van der Waals surface area contributed by atoms with Gasteiger partial charge in [0.15, 0.2) is 5.96 Å². The molecule has 23 heavy (non-hydrogen) atoms. The number of hydrogen-bond acceptors (Lipinski definition) is 3. The maximum atomic E-state index is 5.85. The van der Waals surface area contributed by atoms with Crippen LogP contribution in [0.15, 0.2) is 35.3 Å². The summed E-state index contributed by atoms with van der Waals surface area (Å²) in [4.78, 5) is 7.22. The van der Waals surface area contributed by atoms with Gasteiger partial charge in [-0.2, -0.15) is 0 Å². The summed E-state index contributed by atoms with van der Waals surface area (Å²) in [6.07, 6.45) is 0. The Morgan fingerprint density at radius 1 is 1.26 bits per heavy atom. The van der Waals surface area contributed by atoms with E-state index in [-0.39, 0.29) is 5.41 Å². The Morgan fingerprint density at radius 2 is 1.87 bits per heavy atom. The Morgan fingerprint density at radius 3 is 2.43 bits per heavy atom. The zero-order chi connectivity index (χ0) is 16.9. The molecule has 5 heteroatoms. The number of nitrogens with one attached hydrogen (secondary N) is 2. The van der Waals surface area contributed by atoms with Gasteiger partial charge >= 0.3 is 0 Å². The van der Waals surface area contributed by atoms with Gasteiger partial charge in [-0.05, 0) is 37.9 Å². The zero-order valence-electron chi connectivity index (χ0n) is 14.8. The number of para-hydroxylation sites is 1. The molecular formula is C18H31N5. The van der Waals surface area contributed by atoms with Crippen molar-refractivity contribution in [3.05, 3.63) is 30.3 Å². The Balaban J connectivity index is 2.18. The highest BCUT2D eigenvalue weighted by Crippen LogP contribution is 2.15. The SMILES string of the molecule is CC1CN(C(=NCC(C)(C)CN)Nc2ccccc2)CC(C)N1. The first-order valence-corrected chi connectivity index (χ1v) is 8.47. The minimum absolute atomic E-state index is 0.00882. The van der Waals surface area contributed by atoms with E-state index in [0.29, 0.717) is 25.2 Å². The molecule has 2 atom stereocenters. The van der Waals surface area contributed by atoms with Crippen molar-refractivity contribution >= 4 is 11.6 Å². The van der Waals surface area contributed by atoms with Crippen LogP contribution in [0.5, 0.6) is 0 Å². The van der Waals surface area contributed by atoms with Crippen LogP contribution < -0.4 is 16.4 Å². The number of benzene rings is 1. The normalized spacial score (nSPS) is 23.0. The first-order chi connectivity index (χ1) is 10.9. The third-order valence-electron chi connectivity index (χ3n) is 4.10. The summed E-state index contributed by atoms with van der Waals surface area (Å²) in [6.45, 7) is 12.0. The molecule has 128 valence electrons. The predicted molar refractivity (Wildman–Crippen MR) is 98.8 cm³/mol. The molecule has 1 saturated heterocycles. The summed E-state index contributed by atoms with van der Waals surface area (Å²) < 4.78 is 0. The van der Waals surface area contributed by atoms with Crippen LogP contribution in [-0.4, -0.2) is 49.1 Å². The highest BCUT2D eigenvalue weighted by Gasteiger charge is 2.24. The fourth-order valence-electron chi connectivity index (χ4n) is 2.72. The van der Waals surface area contributed by atoms with Gasteiger partial charge in [0.05, 0.1) is 0 Å². The van der Waals surface area contributed by atoms with E-state index in [2.05, 4.69) is 55.4 Å². The van der Waals surface area contributed by atoms with Gasteiger partial charge < -0.3 is 21.3 Å².